The Balaban J connectivity index is 1.97. The standard InChI is InChI=1S/C14H21N3O/c1-10-3-5-13(6-4-10)16-14(18)17-8-7-12(15)9-11(17)2/h3-6,11-12H,7-9,15H2,1-2H3,(H,16,18). The maximum Gasteiger partial charge on any atom is 0.322 e. The summed E-state index contributed by atoms with van der Waals surface area (Å²) in [5.41, 5.74) is 7.92. The van der Waals surface area contributed by atoms with Crippen molar-refractivity contribution in [2.45, 2.75) is 38.8 Å². The van der Waals surface area contributed by atoms with E-state index in [1.807, 2.05) is 43.0 Å². The van der Waals surface area contributed by atoms with E-state index in [1.54, 1.807) is 0 Å². The number of hydrogen-bond donors (Lipinski definition) is 2. The highest BCUT2D eigenvalue weighted by atomic mass is 16.2. The number of rotatable bonds is 1. The molecule has 0 aromatic heterocycles. The van der Waals surface area contributed by atoms with Gasteiger partial charge < -0.3 is 16.0 Å². The molecule has 4 heteroatoms. The SMILES string of the molecule is Cc1ccc(NC(=O)N2CCC(N)CC2C)cc1. The van der Waals surface area contributed by atoms with Gasteiger partial charge in [-0.15, -0.1) is 0 Å². The van der Waals surface area contributed by atoms with E-state index >= 15 is 0 Å². The maximum atomic E-state index is 12.1. The van der Waals surface area contributed by atoms with E-state index < -0.39 is 0 Å². The molecular formula is C14H21N3O. The Morgan fingerprint density at radius 3 is 2.67 bits per heavy atom. The third kappa shape index (κ3) is 3.01. The molecule has 1 saturated heterocycles. The summed E-state index contributed by atoms with van der Waals surface area (Å²) in [5.74, 6) is 0. The van der Waals surface area contributed by atoms with Gasteiger partial charge in [-0.3, -0.25) is 0 Å². The summed E-state index contributed by atoms with van der Waals surface area (Å²) in [5, 5.41) is 2.93. The number of benzene rings is 1. The summed E-state index contributed by atoms with van der Waals surface area (Å²) >= 11 is 0. The van der Waals surface area contributed by atoms with Crippen LogP contribution in [0, 0.1) is 6.92 Å². The van der Waals surface area contributed by atoms with E-state index in [2.05, 4.69) is 5.32 Å². The first kappa shape index (κ1) is 12.9. The molecule has 0 radical (unpaired) electrons. The van der Waals surface area contributed by atoms with Crippen LogP contribution in [0.2, 0.25) is 0 Å². The monoisotopic (exact) mass is 247 g/mol. The average Bonchev–Trinajstić information content (AvgIpc) is 2.32. The van der Waals surface area contributed by atoms with Crippen molar-refractivity contribution in [1.29, 1.82) is 0 Å². The zero-order valence-electron chi connectivity index (χ0n) is 11.0. The lowest BCUT2D eigenvalue weighted by Gasteiger charge is -2.36. The third-order valence-corrected chi connectivity index (χ3v) is 3.48. The highest BCUT2D eigenvalue weighted by Gasteiger charge is 2.26. The molecule has 1 aliphatic rings. The fourth-order valence-electron chi connectivity index (χ4n) is 2.34. The van der Waals surface area contributed by atoms with Crippen molar-refractivity contribution in [2.75, 3.05) is 11.9 Å². The first-order valence-corrected chi connectivity index (χ1v) is 6.46. The summed E-state index contributed by atoms with van der Waals surface area (Å²) in [6.45, 7) is 4.81. The van der Waals surface area contributed by atoms with Crippen molar-refractivity contribution >= 4 is 11.7 Å². The number of piperidine rings is 1. The first-order chi connectivity index (χ1) is 8.56. The third-order valence-electron chi connectivity index (χ3n) is 3.48. The normalized spacial score (nSPS) is 23.8. The Hall–Kier alpha value is -1.55. The molecule has 1 aliphatic heterocycles. The zero-order valence-corrected chi connectivity index (χ0v) is 11.0. The van der Waals surface area contributed by atoms with Crippen molar-refractivity contribution < 1.29 is 4.79 Å². The number of hydrogen-bond acceptors (Lipinski definition) is 2. The first-order valence-electron chi connectivity index (χ1n) is 6.46. The summed E-state index contributed by atoms with van der Waals surface area (Å²) < 4.78 is 0. The number of nitrogens with two attached hydrogens (primary N) is 1. The van der Waals surface area contributed by atoms with Crippen molar-refractivity contribution in [2.24, 2.45) is 5.73 Å². The van der Waals surface area contributed by atoms with Crippen LogP contribution in [0.15, 0.2) is 24.3 Å². The summed E-state index contributed by atoms with van der Waals surface area (Å²) in [4.78, 5) is 14.0. The topological polar surface area (TPSA) is 58.4 Å². The Kier molecular flexibility index (Phi) is 3.87. The molecule has 2 amide bonds. The van der Waals surface area contributed by atoms with E-state index in [4.69, 9.17) is 5.73 Å². The van der Waals surface area contributed by atoms with E-state index in [0.29, 0.717) is 0 Å². The molecule has 98 valence electrons. The van der Waals surface area contributed by atoms with Gasteiger partial charge in [-0.25, -0.2) is 4.79 Å². The van der Waals surface area contributed by atoms with Crippen LogP contribution in [0.25, 0.3) is 0 Å². The van der Waals surface area contributed by atoms with Gasteiger partial charge >= 0.3 is 6.03 Å². The highest BCUT2D eigenvalue weighted by molar-refractivity contribution is 5.89. The Morgan fingerprint density at radius 1 is 1.39 bits per heavy atom. The lowest BCUT2D eigenvalue weighted by molar-refractivity contribution is 0.163. The second kappa shape index (κ2) is 5.40. The minimum absolute atomic E-state index is 0.0294. The van der Waals surface area contributed by atoms with Crippen LogP contribution >= 0.6 is 0 Å². The molecule has 0 saturated carbocycles. The van der Waals surface area contributed by atoms with E-state index in [0.717, 1.165) is 25.1 Å². The molecule has 1 aromatic rings. The predicted octanol–water partition coefficient (Wildman–Crippen LogP) is 2.34. The van der Waals surface area contributed by atoms with Crippen molar-refractivity contribution in [3.63, 3.8) is 0 Å². The fourth-order valence-corrected chi connectivity index (χ4v) is 2.34. The lowest BCUT2D eigenvalue weighted by Crippen LogP contribution is -2.49. The van der Waals surface area contributed by atoms with Gasteiger partial charge in [0, 0.05) is 24.3 Å². The van der Waals surface area contributed by atoms with E-state index in [-0.39, 0.29) is 18.1 Å². The minimum atomic E-state index is -0.0294. The minimum Gasteiger partial charge on any atom is -0.328 e. The number of aryl methyl sites for hydroxylation is 1. The average molecular weight is 247 g/mol. The number of anilines is 1. The lowest BCUT2D eigenvalue weighted by atomic mass is 10.00. The number of carbonyl (C=O) groups is 1. The Labute approximate surface area is 108 Å². The molecule has 1 aromatic carbocycles. The van der Waals surface area contributed by atoms with Crippen LogP contribution < -0.4 is 11.1 Å². The molecule has 0 bridgehead atoms. The Bertz CT molecular complexity index is 416. The van der Waals surface area contributed by atoms with Gasteiger partial charge in [-0.1, -0.05) is 17.7 Å². The summed E-state index contributed by atoms with van der Waals surface area (Å²) in [7, 11) is 0. The maximum absolute atomic E-state index is 12.1. The molecule has 2 unspecified atom stereocenters. The van der Waals surface area contributed by atoms with Gasteiger partial charge in [-0.2, -0.15) is 0 Å². The molecule has 1 heterocycles. The second-order valence-corrected chi connectivity index (χ2v) is 5.12. The quantitative estimate of drug-likeness (QED) is 0.800. The number of amides is 2. The van der Waals surface area contributed by atoms with Gasteiger partial charge in [-0.05, 0) is 38.8 Å². The smallest absolute Gasteiger partial charge is 0.322 e. The van der Waals surface area contributed by atoms with Crippen molar-refractivity contribution in [1.82, 2.24) is 4.90 Å². The molecule has 18 heavy (non-hydrogen) atoms. The molecule has 2 rings (SSSR count). The molecule has 4 nitrogen and oxygen atoms in total. The van der Waals surface area contributed by atoms with Crippen LogP contribution in [0.3, 0.4) is 0 Å². The van der Waals surface area contributed by atoms with Crippen LogP contribution in [0.5, 0.6) is 0 Å². The summed E-state index contributed by atoms with van der Waals surface area (Å²) in [6.07, 6.45) is 1.76. The van der Waals surface area contributed by atoms with Crippen LogP contribution in [0.1, 0.15) is 25.3 Å². The number of nitrogens with zero attached hydrogens (tertiary/aromatic N) is 1. The van der Waals surface area contributed by atoms with Gasteiger partial charge in [0.15, 0.2) is 0 Å². The van der Waals surface area contributed by atoms with Gasteiger partial charge in [0.2, 0.25) is 0 Å². The molecule has 2 atom stereocenters. The van der Waals surface area contributed by atoms with Gasteiger partial charge in [0.25, 0.3) is 0 Å². The van der Waals surface area contributed by atoms with E-state index in [1.165, 1.54) is 5.56 Å². The van der Waals surface area contributed by atoms with Gasteiger partial charge in [0.05, 0.1) is 0 Å². The fraction of sp³-hybridized carbons (Fsp3) is 0.500. The largest absolute Gasteiger partial charge is 0.328 e. The number of carbonyl (C=O) groups excluding carboxylic acids is 1. The zero-order chi connectivity index (χ0) is 13.1. The second-order valence-electron chi connectivity index (χ2n) is 5.12. The van der Waals surface area contributed by atoms with E-state index in [9.17, 15) is 4.79 Å². The number of likely N-dealkylation sites (tertiary alicyclic amines) is 1. The van der Waals surface area contributed by atoms with Crippen molar-refractivity contribution in [3.05, 3.63) is 29.8 Å². The number of urea groups is 1. The molecular weight excluding hydrogens is 226 g/mol. The molecule has 0 spiro atoms. The predicted molar refractivity (Wildman–Crippen MR) is 73.6 cm³/mol. The van der Waals surface area contributed by atoms with Gasteiger partial charge in [0.1, 0.15) is 0 Å². The molecule has 3 N–H and O–H groups in total. The Morgan fingerprint density at radius 2 is 2.06 bits per heavy atom. The molecule has 1 fully saturated rings. The highest BCUT2D eigenvalue weighted by Crippen LogP contribution is 2.17. The van der Waals surface area contributed by atoms with Crippen LogP contribution in [0.4, 0.5) is 10.5 Å². The molecule has 0 aliphatic carbocycles. The van der Waals surface area contributed by atoms with Crippen LogP contribution in [-0.4, -0.2) is 29.6 Å². The number of nitrogens with one attached hydrogen (secondary N) is 1. The van der Waals surface area contributed by atoms with Crippen molar-refractivity contribution in [3.8, 4) is 0 Å². The summed E-state index contributed by atoms with van der Waals surface area (Å²) in [6, 6.07) is 8.23. The van der Waals surface area contributed by atoms with Crippen LogP contribution in [-0.2, 0) is 0 Å².